The number of anilines is 1. The van der Waals surface area contributed by atoms with Gasteiger partial charge in [0.1, 0.15) is 0 Å². The number of carbonyl (C=O) groups excluding carboxylic acids is 2. The van der Waals surface area contributed by atoms with Crippen molar-refractivity contribution in [2.75, 3.05) is 11.9 Å². The third-order valence-electron chi connectivity index (χ3n) is 5.95. The van der Waals surface area contributed by atoms with Crippen LogP contribution >= 0.6 is 0 Å². The van der Waals surface area contributed by atoms with Gasteiger partial charge in [-0.15, -0.1) is 0 Å². The summed E-state index contributed by atoms with van der Waals surface area (Å²) in [6.45, 7) is 0.0695. The summed E-state index contributed by atoms with van der Waals surface area (Å²) in [5, 5.41) is 20.4. The number of nitrogens with one attached hydrogen (secondary N) is 2. The molecule has 0 aliphatic heterocycles. The average Bonchev–Trinajstić information content (AvgIpc) is 3.67. The first-order chi connectivity index (χ1) is 15.6. The first kappa shape index (κ1) is 20.2. The highest BCUT2D eigenvalue weighted by Crippen LogP contribution is 2.32. The predicted molar refractivity (Wildman–Crippen MR) is 127 cm³/mol. The number of benzene rings is 4. The SMILES string of the molecule is O=C(NCC(O)c1ccc2ccccc2c1)c1cc2ccccc2cc1NC(=O)C1CC1. The fourth-order valence-corrected chi connectivity index (χ4v) is 3.93. The number of aliphatic hydroxyl groups excluding tert-OH is 1. The molecule has 1 fully saturated rings. The molecule has 32 heavy (non-hydrogen) atoms. The molecule has 5 nitrogen and oxygen atoms in total. The smallest absolute Gasteiger partial charge is 0.253 e. The van der Waals surface area contributed by atoms with Gasteiger partial charge in [-0.05, 0) is 58.1 Å². The fraction of sp³-hybridized carbons (Fsp3) is 0.185. The van der Waals surface area contributed by atoms with Crippen LogP contribution in [0.25, 0.3) is 21.5 Å². The lowest BCUT2D eigenvalue weighted by Crippen LogP contribution is -2.29. The van der Waals surface area contributed by atoms with E-state index in [2.05, 4.69) is 10.6 Å². The van der Waals surface area contributed by atoms with Gasteiger partial charge in [-0.3, -0.25) is 9.59 Å². The molecule has 0 bridgehead atoms. The molecule has 0 aromatic heterocycles. The molecule has 3 N–H and O–H groups in total. The Balaban J connectivity index is 1.36. The summed E-state index contributed by atoms with van der Waals surface area (Å²) < 4.78 is 0. The van der Waals surface area contributed by atoms with Gasteiger partial charge < -0.3 is 15.7 Å². The molecule has 0 spiro atoms. The molecule has 4 aromatic carbocycles. The van der Waals surface area contributed by atoms with Gasteiger partial charge in [0.05, 0.1) is 17.4 Å². The van der Waals surface area contributed by atoms with Crippen LogP contribution in [0.2, 0.25) is 0 Å². The van der Waals surface area contributed by atoms with Crippen LogP contribution < -0.4 is 10.6 Å². The second-order valence-electron chi connectivity index (χ2n) is 8.34. The Morgan fingerprint density at radius 2 is 1.47 bits per heavy atom. The van der Waals surface area contributed by atoms with Crippen molar-refractivity contribution in [2.24, 2.45) is 5.92 Å². The summed E-state index contributed by atoms with van der Waals surface area (Å²) in [5.74, 6) is -0.348. The number of rotatable bonds is 6. The number of fused-ring (bicyclic) bond motifs is 2. The van der Waals surface area contributed by atoms with Gasteiger partial charge in [-0.2, -0.15) is 0 Å². The van der Waals surface area contributed by atoms with E-state index < -0.39 is 6.10 Å². The number of hydrogen-bond donors (Lipinski definition) is 3. The van der Waals surface area contributed by atoms with E-state index in [4.69, 9.17) is 0 Å². The zero-order valence-corrected chi connectivity index (χ0v) is 17.5. The van der Waals surface area contributed by atoms with Crippen molar-refractivity contribution in [3.05, 3.63) is 90.0 Å². The van der Waals surface area contributed by atoms with E-state index in [1.54, 1.807) is 6.07 Å². The molecule has 0 radical (unpaired) electrons. The summed E-state index contributed by atoms with van der Waals surface area (Å²) in [6, 6.07) is 25.1. The quantitative estimate of drug-likeness (QED) is 0.416. The summed E-state index contributed by atoms with van der Waals surface area (Å²) in [6.07, 6.45) is 0.936. The van der Waals surface area contributed by atoms with E-state index in [0.717, 1.165) is 39.9 Å². The molecule has 0 heterocycles. The number of carbonyl (C=O) groups is 2. The summed E-state index contributed by atoms with van der Waals surface area (Å²) in [5.41, 5.74) is 1.63. The van der Waals surface area contributed by atoms with Crippen molar-refractivity contribution in [2.45, 2.75) is 18.9 Å². The van der Waals surface area contributed by atoms with Crippen LogP contribution in [0, 0.1) is 5.92 Å². The van der Waals surface area contributed by atoms with Crippen LogP contribution in [0.15, 0.2) is 78.9 Å². The van der Waals surface area contributed by atoms with Gasteiger partial charge in [0.2, 0.25) is 5.91 Å². The molecule has 1 atom stereocenters. The van der Waals surface area contributed by atoms with Gasteiger partial charge in [0.25, 0.3) is 5.91 Å². The lowest BCUT2D eigenvalue weighted by Gasteiger charge is -2.16. The molecule has 0 saturated heterocycles. The second-order valence-corrected chi connectivity index (χ2v) is 8.34. The van der Waals surface area contributed by atoms with E-state index in [0.29, 0.717) is 11.3 Å². The first-order valence-electron chi connectivity index (χ1n) is 10.9. The number of amides is 2. The van der Waals surface area contributed by atoms with E-state index in [1.807, 2.05) is 72.8 Å². The third-order valence-corrected chi connectivity index (χ3v) is 5.95. The van der Waals surface area contributed by atoms with Crippen LogP contribution in [0.1, 0.15) is 34.9 Å². The molecule has 5 rings (SSSR count). The van der Waals surface area contributed by atoms with Crippen molar-refractivity contribution in [3.8, 4) is 0 Å². The Morgan fingerprint density at radius 1 is 0.844 bits per heavy atom. The van der Waals surface area contributed by atoms with Gasteiger partial charge in [-0.1, -0.05) is 60.7 Å². The van der Waals surface area contributed by atoms with E-state index in [9.17, 15) is 14.7 Å². The van der Waals surface area contributed by atoms with Gasteiger partial charge in [0, 0.05) is 12.5 Å². The van der Waals surface area contributed by atoms with Crippen LogP contribution in [0.4, 0.5) is 5.69 Å². The van der Waals surface area contributed by atoms with Crippen LogP contribution in [0.5, 0.6) is 0 Å². The first-order valence-corrected chi connectivity index (χ1v) is 10.9. The summed E-state index contributed by atoms with van der Waals surface area (Å²) in [4.78, 5) is 25.4. The molecule has 1 aliphatic rings. The maximum atomic E-state index is 13.1. The van der Waals surface area contributed by atoms with Crippen LogP contribution in [-0.4, -0.2) is 23.5 Å². The van der Waals surface area contributed by atoms with Crippen molar-refractivity contribution in [1.29, 1.82) is 0 Å². The largest absolute Gasteiger partial charge is 0.387 e. The van der Waals surface area contributed by atoms with Crippen molar-refractivity contribution in [3.63, 3.8) is 0 Å². The Bertz CT molecular complexity index is 1330. The molecule has 5 heteroatoms. The normalized spacial score (nSPS) is 14.3. The average molecular weight is 425 g/mol. The number of hydrogen-bond acceptors (Lipinski definition) is 3. The predicted octanol–water partition coefficient (Wildman–Crippen LogP) is 4.80. The number of aliphatic hydroxyl groups is 1. The fourth-order valence-electron chi connectivity index (χ4n) is 3.93. The highest BCUT2D eigenvalue weighted by Gasteiger charge is 2.30. The molecule has 1 saturated carbocycles. The monoisotopic (exact) mass is 424 g/mol. The minimum atomic E-state index is -0.839. The minimum absolute atomic E-state index is 0.0344. The minimum Gasteiger partial charge on any atom is -0.387 e. The van der Waals surface area contributed by atoms with Crippen LogP contribution in [-0.2, 0) is 4.79 Å². The summed E-state index contributed by atoms with van der Waals surface area (Å²) >= 11 is 0. The van der Waals surface area contributed by atoms with E-state index >= 15 is 0 Å². The molecule has 2 amide bonds. The topological polar surface area (TPSA) is 78.4 Å². The molecule has 160 valence electrons. The Morgan fingerprint density at radius 3 is 2.16 bits per heavy atom. The summed E-state index contributed by atoms with van der Waals surface area (Å²) in [7, 11) is 0. The standard InChI is InChI=1S/C27H24N2O3/c30-25(22-12-9-17-5-1-2-6-19(17)13-22)16-28-27(32)23-14-20-7-3-4-8-21(20)15-24(23)29-26(31)18-10-11-18/h1-9,12-15,18,25,30H,10-11,16H2,(H,28,32)(H,29,31). The lowest BCUT2D eigenvalue weighted by atomic mass is 10.0. The van der Waals surface area contributed by atoms with E-state index in [1.165, 1.54) is 0 Å². The Hall–Kier alpha value is -3.70. The lowest BCUT2D eigenvalue weighted by molar-refractivity contribution is -0.117. The van der Waals surface area contributed by atoms with Crippen LogP contribution in [0.3, 0.4) is 0 Å². The maximum Gasteiger partial charge on any atom is 0.253 e. The highest BCUT2D eigenvalue weighted by atomic mass is 16.3. The van der Waals surface area contributed by atoms with Crippen molar-refractivity contribution >= 4 is 39.0 Å². The Labute approximate surface area is 186 Å². The van der Waals surface area contributed by atoms with Crippen molar-refractivity contribution < 1.29 is 14.7 Å². The molecular weight excluding hydrogens is 400 g/mol. The molecule has 1 unspecified atom stereocenters. The highest BCUT2D eigenvalue weighted by molar-refractivity contribution is 6.08. The van der Waals surface area contributed by atoms with Gasteiger partial charge in [0.15, 0.2) is 0 Å². The zero-order chi connectivity index (χ0) is 22.1. The van der Waals surface area contributed by atoms with Gasteiger partial charge >= 0.3 is 0 Å². The zero-order valence-electron chi connectivity index (χ0n) is 17.5. The second kappa shape index (κ2) is 8.44. The molecular formula is C27H24N2O3. The van der Waals surface area contributed by atoms with Crippen molar-refractivity contribution in [1.82, 2.24) is 5.32 Å². The molecule has 4 aromatic rings. The Kier molecular flexibility index (Phi) is 5.33. The third kappa shape index (κ3) is 4.20. The maximum absolute atomic E-state index is 13.1. The molecule has 1 aliphatic carbocycles. The van der Waals surface area contributed by atoms with Gasteiger partial charge in [-0.25, -0.2) is 0 Å². The van der Waals surface area contributed by atoms with E-state index in [-0.39, 0.29) is 24.3 Å².